The van der Waals surface area contributed by atoms with E-state index in [-0.39, 0.29) is 0 Å². The van der Waals surface area contributed by atoms with E-state index in [1.165, 1.54) is 6.04 Å². The molecule has 0 atom stereocenters. The molecule has 2 aromatic carbocycles. The van der Waals surface area contributed by atoms with Crippen molar-refractivity contribution in [1.82, 2.24) is 0 Å². The maximum atomic E-state index is 2.57. The van der Waals surface area contributed by atoms with E-state index < -0.39 is 16.9 Å². The van der Waals surface area contributed by atoms with Crippen LogP contribution in [0, 0.1) is 0 Å². The highest BCUT2D eigenvalue weighted by Crippen LogP contribution is 2.52. The molecule has 0 saturated carbocycles. The molecule has 0 amide bonds. The van der Waals surface area contributed by atoms with Gasteiger partial charge in [-0.25, -0.2) is 0 Å². The van der Waals surface area contributed by atoms with Gasteiger partial charge in [-0.2, -0.15) is 0 Å². The van der Waals surface area contributed by atoms with Crippen LogP contribution in [0.5, 0.6) is 0 Å². The lowest BCUT2D eigenvalue weighted by Gasteiger charge is -2.49. The van der Waals surface area contributed by atoms with Gasteiger partial charge >= 0.3 is 0 Å². The molecule has 0 aliphatic heterocycles. The summed E-state index contributed by atoms with van der Waals surface area (Å²) >= 11 is 0. The van der Waals surface area contributed by atoms with Crippen molar-refractivity contribution >= 4 is 27.2 Å². The van der Waals surface area contributed by atoms with Crippen LogP contribution in [0.4, 0.5) is 0 Å². The normalized spacial score (nSPS) is 13.2. The molecule has 1 radical (unpaired) electrons. The Kier molecular flexibility index (Phi) is 7.32. The summed E-state index contributed by atoms with van der Waals surface area (Å²) in [6, 6.07) is 24.1. The van der Waals surface area contributed by atoms with Crippen molar-refractivity contribution in [3.05, 3.63) is 60.7 Å². The molecule has 0 saturated heterocycles. The monoisotopic (exact) mass is 395 g/mol. The molecule has 147 valence electrons. The third kappa shape index (κ3) is 4.66. The highest BCUT2D eigenvalue weighted by molar-refractivity contribution is 6.91. The second kappa shape index (κ2) is 8.92. The van der Waals surface area contributed by atoms with Crippen LogP contribution in [0.25, 0.3) is 0 Å². The summed E-state index contributed by atoms with van der Waals surface area (Å²) in [7, 11) is -2.34. The minimum absolute atomic E-state index is 0.318. The highest BCUT2D eigenvalue weighted by Gasteiger charge is 2.48. The van der Waals surface area contributed by atoms with Gasteiger partial charge in [0.2, 0.25) is 0 Å². The first-order valence-corrected chi connectivity index (χ1v) is 14.5. The topological polar surface area (TPSA) is 0 Å². The van der Waals surface area contributed by atoms with Gasteiger partial charge in [0.05, 0.1) is 8.07 Å². The van der Waals surface area contributed by atoms with Crippen molar-refractivity contribution in [1.29, 1.82) is 0 Å². The van der Waals surface area contributed by atoms with Crippen LogP contribution in [-0.4, -0.2) is 16.9 Å². The van der Waals surface area contributed by atoms with E-state index in [0.717, 1.165) is 16.6 Å². The second-order valence-electron chi connectivity index (χ2n) is 9.74. The van der Waals surface area contributed by atoms with Crippen LogP contribution in [0.3, 0.4) is 0 Å². The average molecular weight is 396 g/mol. The molecule has 0 fully saturated rings. The van der Waals surface area contributed by atoms with E-state index >= 15 is 0 Å². The average Bonchev–Trinajstić information content (AvgIpc) is 2.60. The second-order valence-corrected chi connectivity index (χ2v) is 19.0. The first kappa shape index (κ1) is 22.2. The van der Waals surface area contributed by atoms with Gasteiger partial charge in [-0.15, -0.1) is 0 Å². The van der Waals surface area contributed by atoms with E-state index in [0.29, 0.717) is 5.04 Å². The Morgan fingerprint density at radius 3 is 1.30 bits per heavy atom. The molecule has 0 spiro atoms. The standard InChI is InChI=1S/C25H39Si2/c1-20(2)27(21(3)4,22(5)6)19-25(7,8)26(23-15-11-9-12-16-23)24-17-13-10-14-18-24/h9-18,20-22H,19H2,1-8H3. The Morgan fingerprint density at radius 2 is 1.00 bits per heavy atom. The lowest BCUT2D eigenvalue weighted by molar-refractivity contribution is 0.681. The fraction of sp³-hybridized carbons (Fsp3) is 0.520. The van der Waals surface area contributed by atoms with Gasteiger partial charge in [-0.3, -0.25) is 0 Å². The van der Waals surface area contributed by atoms with Crippen molar-refractivity contribution in [2.24, 2.45) is 0 Å². The summed E-state index contributed by atoms with van der Waals surface area (Å²) in [5.41, 5.74) is 2.43. The van der Waals surface area contributed by atoms with E-state index in [2.05, 4.69) is 116 Å². The first-order chi connectivity index (χ1) is 12.6. The van der Waals surface area contributed by atoms with E-state index in [1.54, 1.807) is 10.4 Å². The molecule has 0 nitrogen and oxygen atoms in total. The van der Waals surface area contributed by atoms with Gasteiger partial charge in [0.25, 0.3) is 0 Å². The molecule has 0 aromatic heterocycles. The quantitative estimate of drug-likeness (QED) is 0.433. The van der Waals surface area contributed by atoms with E-state index in [1.807, 2.05) is 0 Å². The zero-order chi connectivity index (χ0) is 20.2. The predicted molar refractivity (Wildman–Crippen MR) is 128 cm³/mol. The van der Waals surface area contributed by atoms with Crippen LogP contribution in [0.1, 0.15) is 55.4 Å². The van der Waals surface area contributed by atoms with Crippen molar-refractivity contribution in [2.45, 2.75) is 83.1 Å². The molecule has 0 aliphatic rings. The maximum absolute atomic E-state index is 2.57. The predicted octanol–water partition coefficient (Wildman–Crippen LogP) is 6.75. The molecular weight excluding hydrogens is 356 g/mol. The van der Waals surface area contributed by atoms with Crippen LogP contribution in [0.15, 0.2) is 60.7 Å². The molecule has 0 heterocycles. The lowest BCUT2D eigenvalue weighted by atomic mass is 10.2. The molecule has 2 aromatic rings. The number of benzene rings is 2. The van der Waals surface area contributed by atoms with Gasteiger partial charge < -0.3 is 0 Å². The Balaban J connectivity index is 2.56. The van der Waals surface area contributed by atoms with Gasteiger partial charge in [0.15, 0.2) is 0 Å². The fourth-order valence-electron chi connectivity index (χ4n) is 5.62. The van der Waals surface area contributed by atoms with Gasteiger partial charge in [0.1, 0.15) is 8.80 Å². The van der Waals surface area contributed by atoms with Crippen LogP contribution in [0.2, 0.25) is 27.7 Å². The van der Waals surface area contributed by atoms with Crippen molar-refractivity contribution in [3.8, 4) is 0 Å². The SMILES string of the molecule is CC(C)[Si](CC(C)(C)[Si](c1ccccc1)c1ccccc1)(C(C)C)C(C)C. The molecule has 0 N–H and O–H groups in total. The number of hydrogen-bond acceptors (Lipinski definition) is 0. The zero-order valence-electron chi connectivity index (χ0n) is 18.7. The zero-order valence-corrected chi connectivity index (χ0v) is 20.7. The van der Waals surface area contributed by atoms with Crippen molar-refractivity contribution in [2.75, 3.05) is 0 Å². The maximum Gasteiger partial charge on any atom is 0.126 e. The molecule has 0 aliphatic carbocycles. The third-order valence-electron chi connectivity index (χ3n) is 6.77. The smallest absolute Gasteiger partial charge is 0.0651 e. The Bertz CT molecular complexity index is 626. The molecular formula is C25H39Si2. The molecule has 0 unspecified atom stereocenters. The Morgan fingerprint density at radius 1 is 0.667 bits per heavy atom. The van der Waals surface area contributed by atoms with Gasteiger partial charge in [0, 0.05) is 0 Å². The van der Waals surface area contributed by atoms with E-state index in [9.17, 15) is 0 Å². The number of rotatable bonds is 8. The largest absolute Gasteiger partial charge is 0.126 e. The van der Waals surface area contributed by atoms with Crippen LogP contribution >= 0.6 is 0 Å². The van der Waals surface area contributed by atoms with Crippen LogP contribution in [-0.2, 0) is 0 Å². The van der Waals surface area contributed by atoms with Crippen LogP contribution < -0.4 is 10.4 Å². The Labute approximate surface area is 171 Å². The molecule has 2 rings (SSSR count). The molecule has 0 bridgehead atoms. The summed E-state index contributed by atoms with van der Waals surface area (Å²) in [4.78, 5) is 0. The van der Waals surface area contributed by atoms with Gasteiger partial charge in [-0.05, 0) is 5.04 Å². The van der Waals surface area contributed by atoms with Gasteiger partial charge in [-0.1, -0.05) is 149 Å². The van der Waals surface area contributed by atoms with Crippen molar-refractivity contribution < 1.29 is 0 Å². The summed E-state index contributed by atoms with van der Waals surface area (Å²) in [5, 5.41) is 3.43. The summed E-state index contributed by atoms with van der Waals surface area (Å²) in [6.07, 6.45) is 0. The minimum Gasteiger partial charge on any atom is -0.0651 e. The summed E-state index contributed by atoms with van der Waals surface area (Å²) in [6.45, 7) is 20.1. The van der Waals surface area contributed by atoms with E-state index in [4.69, 9.17) is 0 Å². The molecule has 27 heavy (non-hydrogen) atoms. The summed E-state index contributed by atoms with van der Waals surface area (Å²) in [5.74, 6) is 0. The molecule has 2 heteroatoms. The highest BCUT2D eigenvalue weighted by atomic mass is 28.3. The summed E-state index contributed by atoms with van der Waals surface area (Å²) < 4.78 is 0. The fourth-order valence-corrected chi connectivity index (χ4v) is 17.0. The minimum atomic E-state index is -1.47. The third-order valence-corrected chi connectivity index (χ3v) is 18.4. The first-order valence-electron chi connectivity index (χ1n) is 10.6. The lowest BCUT2D eigenvalue weighted by Crippen LogP contribution is -2.55. The number of hydrogen-bond donors (Lipinski definition) is 0. The Hall–Kier alpha value is -1.13. The van der Waals surface area contributed by atoms with Crippen molar-refractivity contribution in [3.63, 3.8) is 0 Å².